The van der Waals surface area contributed by atoms with E-state index in [2.05, 4.69) is 16.7 Å². The second kappa shape index (κ2) is 8.37. The highest BCUT2D eigenvalue weighted by atomic mass is 16.6. The van der Waals surface area contributed by atoms with E-state index in [4.69, 9.17) is 14.7 Å². The summed E-state index contributed by atoms with van der Waals surface area (Å²) in [4.78, 5) is 25.9. The van der Waals surface area contributed by atoms with E-state index < -0.39 is 6.09 Å². The van der Waals surface area contributed by atoms with E-state index in [0.29, 0.717) is 16.9 Å². The van der Waals surface area contributed by atoms with Crippen molar-refractivity contribution in [1.82, 2.24) is 15.5 Å². The number of nitrogens with one attached hydrogen (secondary N) is 2. The summed E-state index contributed by atoms with van der Waals surface area (Å²) in [6, 6.07) is 6.82. The van der Waals surface area contributed by atoms with Crippen LogP contribution in [0.15, 0.2) is 18.2 Å². The first kappa shape index (κ1) is 19.1. The van der Waals surface area contributed by atoms with Crippen LogP contribution in [0.1, 0.15) is 30.9 Å². The average Bonchev–Trinajstić information content (AvgIpc) is 2.68. The molecular formula is C19H24N4O4. The molecule has 2 aliphatic heterocycles. The van der Waals surface area contributed by atoms with Crippen molar-refractivity contribution in [2.45, 2.75) is 44.5 Å². The van der Waals surface area contributed by atoms with Crippen molar-refractivity contribution in [2.75, 3.05) is 20.2 Å². The first-order valence-electron chi connectivity index (χ1n) is 9.07. The molecule has 8 nitrogen and oxygen atoms in total. The highest BCUT2D eigenvalue weighted by molar-refractivity contribution is 5.84. The summed E-state index contributed by atoms with van der Waals surface area (Å²) < 4.78 is 10.8. The molecule has 0 spiro atoms. The molecule has 1 aromatic rings. The summed E-state index contributed by atoms with van der Waals surface area (Å²) in [7, 11) is 1.68. The number of nitrogens with zero attached hydrogens (tertiary/aromatic N) is 2. The summed E-state index contributed by atoms with van der Waals surface area (Å²) in [6.45, 7) is 2.94. The van der Waals surface area contributed by atoms with Gasteiger partial charge in [0.2, 0.25) is 5.91 Å². The lowest BCUT2D eigenvalue weighted by molar-refractivity contribution is -0.123. The Hall–Kier alpha value is -2.63. The summed E-state index contributed by atoms with van der Waals surface area (Å²) in [5.74, 6) is 0.167. The van der Waals surface area contributed by atoms with Crippen LogP contribution in [-0.2, 0) is 16.1 Å². The van der Waals surface area contributed by atoms with Crippen molar-refractivity contribution >= 4 is 12.0 Å². The van der Waals surface area contributed by atoms with Crippen molar-refractivity contribution < 1.29 is 19.1 Å². The predicted octanol–water partition coefficient (Wildman–Crippen LogP) is 1.14. The van der Waals surface area contributed by atoms with Crippen molar-refractivity contribution in [1.29, 1.82) is 5.26 Å². The Morgan fingerprint density at radius 3 is 3.11 bits per heavy atom. The van der Waals surface area contributed by atoms with E-state index >= 15 is 0 Å². The van der Waals surface area contributed by atoms with Gasteiger partial charge in [-0.05, 0) is 44.5 Å². The topological polar surface area (TPSA) is 104 Å². The first-order chi connectivity index (χ1) is 13.0. The van der Waals surface area contributed by atoms with Gasteiger partial charge in [-0.15, -0.1) is 0 Å². The molecule has 0 radical (unpaired) electrons. The Morgan fingerprint density at radius 1 is 1.56 bits per heavy atom. The highest BCUT2D eigenvalue weighted by Crippen LogP contribution is 2.26. The molecule has 0 aromatic heterocycles. The number of amides is 2. The van der Waals surface area contributed by atoms with Crippen LogP contribution in [0.3, 0.4) is 0 Å². The zero-order valence-corrected chi connectivity index (χ0v) is 15.5. The summed E-state index contributed by atoms with van der Waals surface area (Å²) >= 11 is 0. The predicted molar refractivity (Wildman–Crippen MR) is 97.0 cm³/mol. The van der Waals surface area contributed by atoms with Gasteiger partial charge in [0.1, 0.15) is 12.3 Å². The fraction of sp³-hybridized carbons (Fsp3) is 0.526. The van der Waals surface area contributed by atoms with Gasteiger partial charge in [0, 0.05) is 18.7 Å². The number of nitriles is 1. The van der Waals surface area contributed by atoms with Crippen LogP contribution in [0.25, 0.3) is 0 Å². The quantitative estimate of drug-likeness (QED) is 0.803. The van der Waals surface area contributed by atoms with Crippen LogP contribution in [0, 0.1) is 11.3 Å². The molecule has 2 aliphatic rings. The average molecular weight is 372 g/mol. The van der Waals surface area contributed by atoms with E-state index in [-0.39, 0.29) is 37.2 Å². The minimum absolute atomic E-state index is 0.0277. The molecule has 3 atom stereocenters. The van der Waals surface area contributed by atoms with Crippen molar-refractivity contribution in [3.63, 3.8) is 0 Å². The maximum atomic E-state index is 12.5. The number of ether oxygens (including phenoxy) is 2. The second-order valence-electron chi connectivity index (χ2n) is 6.91. The Labute approximate surface area is 158 Å². The van der Waals surface area contributed by atoms with E-state index in [0.717, 1.165) is 19.4 Å². The Kier molecular flexibility index (Phi) is 5.94. The molecule has 8 heteroatoms. The number of carbonyl (C=O) groups excluding carboxylic acids is 2. The third kappa shape index (κ3) is 4.38. The Bertz CT molecular complexity index is 761. The minimum Gasteiger partial charge on any atom is -0.410 e. The molecule has 1 fully saturated rings. The molecule has 0 saturated carbocycles. The summed E-state index contributed by atoms with van der Waals surface area (Å²) in [6.07, 6.45) is 1.47. The normalized spacial score (nSPS) is 23.0. The third-order valence-electron chi connectivity index (χ3n) is 5.02. The summed E-state index contributed by atoms with van der Waals surface area (Å²) in [5.41, 5.74) is 1.20. The molecule has 1 saturated heterocycles. The number of piperidine rings is 1. The lowest BCUT2D eigenvalue weighted by Gasteiger charge is -2.36. The molecular weight excluding hydrogens is 348 g/mol. The third-order valence-corrected chi connectivity index (χ3v) is 5.02. The smallest absolute Gasteiger partial charge is 0.410 e. The van der Waals surface area contributed by atoms with Gasteiger partial charge in [0.25, 0.3) is 0 Å². The number of methoxy groups -OCH3 is 1. The molecule has 2 N–H and O–H groups in total. The monoisotopic (exact) mass is 372 g/mol. The second-order valence-corrected chi connectivity index (χ2v) is 6.91. The number of hydrogen-bond acceptors (Lipinski definition) is 6. The molecule has 0 bridgehead atoms. The number of rotatable bonds is 5. The maximum Gasteiger partial charge on any atom is 0.416 e. The van der Waals surface area contributed by atoms with Gasteiger partial charge >= 0.3 is 6.09 Å². The Balaban J connectivity index is 1.60. The van der Waals surface area contributed by atoms with Crippen LogP contribution in [0.4, 0.5) is 4.79 Å². The zero-order valence-electron chi connectivity index (χ0n) is 15.5. The largest absolute Gasteiger partial charge is 0.416 e. The van der Waals surface area contributed by atoms with Gasteiger partial charge in [0.05, 0.1) is 30.3 Å². The zero-order chi connectivity index (χ0) is 19.4. The first-order valence-corrected chi connectivity index (χ1v) is 9.07. The SMILES string of the molecule is COC1CCCNC1[C@@H](C)NC(=O)CN1Cc2cc(C#N)ccc2OC1=O. The lowest BCUT2D eigenvalue weighted by atomic mass is 9.95. The fourth-order valence-corrected chi connectivity index (χ4v) is 3.63. The Morgan fingerprint density at radius 2 is 2.37 bits per heavy atom. The lowest BCUT2D eigenvalue weighted by Crippen LogP contribution is -2.58. The van der Waals surface area contributed by atoms with Gasteiger partial charge in [-0.2, -0.15) is 5.26 Å². The van der Waals surface area contributed by atoms with Crippen LogP contribution in [0.2, 0.25) is 0 Å². The maximum absolute atomic E-state index is 12.5. The number of benzene rings is 1. The van der Waals surface area contributed by atoms with Gasteiger partial charge in [-0.3, -0.25) is 9.69 Å². The van der Waals surface area contributed by atoms with Crippen LogP contribution in [-0.4, -0.2) is 55.3 Å². The molecule has 3 rings (SSSR count). The molecule has 0 aliphatic carbocycles. The van der Waals surface area contributed by atoms with Crippen molar-refractivity contribution in [2.24, 2.45) is 0 Å². The van der Waals surface area contributed by atoms with Gasteiger partial charge in [-0.1, -0.05) is 0 Å². The number of carbonyl (C=O) groups is 2. The van der Waals surface area contributed by atoms with E-state index in [1.165, 1.54) is 4.90 Å². The minimum atomic E-state index is -0.569. The highest BCUT2D eigenvalue weighted by Gasteiger charge is 2.32. The van der Waals surface area contributed by atoms with E-state index in [9.17, 15) is 9.59 Å². The van der Waals surface area contributed by atoms with Crippen LogP contribution >= 0.6 is 0 Å². The van der Waals surface area contributed by atoms with E-state index in [1.54, 1.807) is 25.3 Å². The van der Waals surface area contributed by atoms with Gasteiger partial charge in [0.15, 0.2) is 0 Å². The van der Waals surface area contributed by atoms with Crippen LogP contribution < -0.4 is 15.4 Å². The van der Waals surface area contributed by atoms with Crippen LogP contribution in [0.5, 0.6) is 5.75 Å². The summed E-state index contributed by atoms with van der Waals surface area (Å²) in [5, 5.41) is 15.3. The van der Waals surface area contributed by atoms with E-state index in [1.807, 2.05) is 6.92 Å². The molecule has 2 amide bonds. The van der Waals surface area contributed by atoms with Crippen molar-refractivity contribution in [3.05, 3.63) is 29.3 Å². The fourth-order valence-electron chi connectivity index (χ4n) is 3.63. The standard InChI is InChI=1S/C19H24N4O4/c1-12(18-16(26-2)4-3-7-21-18)22-17(24)11-23-10-14-8-13(9-20)5-6-15(14)27-19(23)25/h5-6,8,12,16,18,21H,3-4,7,10-11H2,1-2H3,(H,22,24)/t12-,16?,18?/m1/s1. The van der Waals surface area contributed by atoms with Gasteiger partial charge in [-0.25, -0.2) is 4.79 Å². The molecule has 2 heterocycles. The molecule has 1 aromatic carbocycles. The molecule has 27 heavy (non-hydrogen) atoms. The molecule has 2 unspecified atom stereocenters. The van der Waals surface area contributed by atoms with Gasteiger partial charge < -0.3 is 20.1 Å². The van der Waals surface area contributed by atoms with Crippen molar-refractivity contribution in [3.8, 4) is 11.8 Å². The number of hydrogen-bond donors (Lipinski definition) is 2. The number of fused-ring (bicyclic) bond motifs is 1. The molecule has 144 valence electrons.